The third-order valence-corrected chi connectivity index (χ3v) is 6.10. The van der Waals surface area contributed by atoms with E-state index in [4.69, 9.17) is 11.5 Å². The van der Waals surface area contributed by atoms with Crippen molar-refractivity contribution in [2.24, 2.45) is 11.5 Å². The number of aliphatic hydroxyl groups excluding tert-OH is 1. The Balaban J connectivity index is 2.04. The molecule has 2 amide bonds. The summed E-state index contributed by atoms with van der Waals surface area (Å²) in [6, 6.07) is 16.9. The summed E-state index contributed by atoms with van der Waals surface area (Å²) in [6.45, 7) is 3.92. The predicted molar refractivity (Wildman–Crippen MR) is 130 cm³/mol. The summed E-state index contributed by atoms with van der Waals surface area (Å²) < 4.78 is 27.9. The van der Waals surface area contributed by atoms with E-state index >= 15 is 0 Å². The van der Waals surface area contributed by atoms with Crippen molar-refractivity contribution in [3.8, 4) is 0 Å². The number of amides is 2. The molecule has 0 aromatic heterocycles. The fraction of sp³-hybridized carbons (Fsp3) is 0.259. The maximum Gasteiger partial charge on any atom is 0.249 e. The van der Waals surface area contributed by atoms with Crippen molar-refractivity contribution in [3.05, 3.63) is 106 Å². The number of hydrogen-bond acceptors (Lipinski definition) is 4. The van der Waals surface area contributed by atoms with Crippen molar-refractivity contribution in [3.63, 3.8) is 0 Å². The van der Waals surface area contributed by atoms with Crippen LogP contribution in [0.4, 0.5) is 8.78 Å². The lowest BCUT2D eigenvalue weighted by atomic mass is 9.81. The molecule has 0 radical (unpaired) electrons. The molecule has 3 rings (SSSR count). The van der Waals surface area contributed by atoms with Crippen LogP contribution in [0.2, 0.25) is 0 Å². The van der Waals surface area contributed by atoms with Crippen molar-refractivity contribution < 1.29 is 23.5 Å². The summed E-state index contributed by atoms with van der Waals surface area (Å²) >= 11 is 0. The first-order valence-electron chi connectivity index (χ1n) is 11.2. The van der Waals surface area contributed by atoms with Crippen molar-refractivity contribution >= 4 is 11.8 Å². The highest BCUT2D eigenvalue weighted by Gasteiger charge is 2.31. The first-order chi connectivity index (χ1) is 16.5. The maximum atomic E-state index is 13.9. The number of hydrogen-bond donors (Lipinski definition) is 4. The Hall–Kier alpha value is -3.62. The third kappa shape index (κ3) is 6.29. The monoisotopic (exact) mass is 481 g/mol. The molecular weight excluding hydrogens is 452 g/mol. The van der Waals surface area contributed by atoms with Gasteiger partial charge >= 0.3 is 0 Å². The summed E-state index contributed by atoms with van der Waals surface area (Å²) in [4.78, 5) is 24.5. The molecule has 0 aliphatic carbocycles. The number of aliphatic hydroxyl groups is 1. The second-order valence-corrected chi connectivity index (χ2v) is 9.02. The molecule has 3 aromatic carbocycles. The van der Waals surface area contributed by atoms with E-state index in [1.54, 1.807) is 0 Å². The van der Waals surface area contributed by atoms with E-state index in [0.29, 0.717) is 0 Å². The van der Waals surface area contributed by atoms with Crippen LogP contribution in [-0.4, -0.2) is 29.6 Å². The number of nitrogens with two attached hydrogens (primary N) is 2. The van der Waals surface area contributed by atoms with E-state index in [9.17, 15) is 23.5 Å². The van der Waals surface area contributed by atoms with Crippen molar-refractivity contribution in [2.75, 3.05) is 6.54 Å². The Bertz CT molecular complexity index is 1160. The minimum absolute atomic E-state index is 0.00421. The van der Waals surface area contributed by atoms with Crippen molar-refractivity contribution in [1.29, 1.82) is 0 Å². The molecule has 8 heteroatoms. The zero-order valence-corrected chi connectivity index (χ0v) is 19.6. The van der Waals surface area contributed by atoms with Crippen LogP contribution in [0, 0.1) is 11.6 Å². The fourth-order valence-corrected chi connectivity index (χ4v) is 4.27. The van der Waals surface area contributed by atoms with Crippen LogP contribution in [0.5, 0.6) is 0 Å². The van der Waals surface area contributed by atoms with Crippen LogP contribution in [0.25, 0.3) is 0 Å². The first kappa shape index (κ1) is 26.0. The molecule has 0 saturated carbocycles. The average molecular weight is 482 g/mol. The normalized spacial score (nSPS) is 13.3. The zero-order chi connectivity index (χ0) is 25.8. The highest BCUT2D eigenvalue weighted by Crippen LogP contribution is 2.32. The Labute approximate surface area is 203 Å². The van der Waals surface area contributed by atoms with Gasteiger partial charge in [-0.1, -0.05) is 36.4 Å². The molecule has 0 bridgehead atoms. The van der Waals surface area contributed by atoms with Crippen LogP contribution in [-0.2, 0) is 12.0 Å². The van der Waals surface area contributed by atoms with Crippen LogP contribution in [0.15, 0.2) is 66.7 Å². The molecule has 0 spiro atoms. The van der Waals surface area contributed by atoms with Gasteiger partial charge in [-0.15, -0.1) is 0 Å². The lowest BCUT2D eigenvalue weighted by Gasteiger charge is -2.32. The van der Waals surface area contributed by atoms with Gasteiger partial charge in [0.25, 0.3) is 0 Å². The molecule has 0 aliphatic rings. The lowest BCUT2D eigenvalue weighted by Crippen LogP contribution is -2.43. The SMILES string of the molecule is CC(C)(NC[C@H](O)[C@@H](Cc1cc(F)cc(F)c1)c1c(C(N)=O)cccc1C(N)=O)c1ccccc1. The number of rotatable bonds is 10. The quantitative estimate of drug-likeness (QED) is 0.355. The molecule has 0 fully saturated rings. The minimum atomic E-state index is -1.18. The predicted octanol–water partition coefficient (Wildman–Crippen LogP) is 3.37. The minimum Gasteiger partial charge on any atom is -0.391 e. The molecule has 6 N–H and O–H groups in total. The molecular formula is C27H29F2N3O3. The largest absolute Gasteiger partial charge is 0.391 e. The summed E-state index contributed by atoms with van der Waals surface area (Å²) in [5.74, 6) is -4.13. The number of carbonyl (C=O) groups excluding carboxylic acids is 2. The van der Waals surface area contributed by atoms with Gasteiger partial charge < -0.3 is 21.9 Å². The molecule has 0 saturated heterocycles. The Kier molecular flexibility index (Phi) is 7.99. The highest BCUT2D eigenvalue weighted by molar-refractivity contribution is 6.01. The van der Waals surface area contributed by atoms with E-state index in [1.807, 2.05) is 44.2 Å². The standard InChI is InChI=1S/C27H29F2N3O3/c1-27(2,17-7-4-3-5-8-17)32-15-23(33)22(13-16-11-18(28)14-19(29)12-16)24-20(25(30)34)9-6-10-21(24)26(31)35/h3-12,14,22-23,32-33H,13,15H2,1-2H3,(H2,30,34)(H2,31,35)/t22-,23+/m1/s1. The first-order valence-corrected chi connectivity index (χ1v) is 11.2. The molecule has 6 nitrogen and oxygen atoms in total. The van der Waals surface area contributed by atoms with Gasteiger partial charge in [0.15, 0.2) is 0 Å². The van der Waals surface area contributed by atoms with Crippen molar-refractivity contribution in [2.45, 2.75) is 37.8 Å². The highest BCUT2D eigenvalue weighted by atomic mass is 19.1. The summed E-state index contributed by atoms with van der Waals surface area (Å²) in [7, 11) is 0. The molecule has 184 valence electrons. The zero-order valence-electron chi connectivity index (χ0n) is 19.6. The number of carbonyl (C=O) groups is 2. The van der Waals surface area contributed by atoms with Gasteiger partial charge in [0, 0.05) is 35.2 Å². The van der Waals surface area contributed by atoms with Gasteiger partial charge in [-0.3, -0.25) is 9.59 Å². The molecule has 0 aliphatic heterocycles. The molecule has 0 heterocycles. The summed E-state index contributed by atoms with van der Waals surface area (Å²) in [5, 5.41) is 14.6. The van der Waals surface area contributed by atoms with Gasteiger partial charge in [0.05, 0.1) is 6.10 Å². The van der Waals surface area contributed by atoms with Gasteiger partial charge in [-0.2, -0.15) is 0 Å². The van der Waals surface area contributed by atoms with E-state index in [1.165, 1.54) is 18.2 Å². The number of benzene rings is 3. The van der Waals surface area contributed by atoms with Crippen LogP contribution >= 0.6 is 0 Å². The summed E-state index contributed by atoms with van der Waals surface area (Å²) in [5.41, 5.74) is 12.0. The van der Waals surface area contributed by atoms with E-state index in [-0.39, 0.29) is 35.2 Å². The number of halogens is 2. The van der Waals surface area contributed by atoms with Gasteiger partial charge in [-0.25, -0.2) is 8.78 Å². The summed E-state index contributed by atoms with van der Waals surface area (Å²) in [6.07, 6.45) is -1.25. The van der Waals surface area contributed by atoms with E-state index in [2.05, 4.69) is 5.32 Å². The molecule has 2 atom stereocenters. The molecule has 35 heavy (non-hydrogen) atoms. The Morgan fingerprint density at radius 1 is 0.914 bits per heavy atom. The van der Waals surface area contributed by atoms with Crippen LogP contribution in [0.1, 0.15) is 57.2 Å². The van der Waals surface area contributed by atoms with Crippen molar-refractivity contribution in [1.82, 2.24) is 5.32 Å². The maximum absolute atomic E-state index is 13.9. The topological polar surface area (TPSA) is 118 Å². The number of primary amides is 2. The molecule has 3 aromatic rings. The van der Waals surface area contributed by atoms with Gasteiger partial charge in [0.1, 0.15) is 11.6 Å². The van der Waals surface area contributed by atoms with E-state index < -0.39 is 41.0 Å². The third-order valence-electron chi connectivity index (χ3n) is 6.10. The second kappa shape index (κ2) is 10.8. The Morgan fingerprint density at radius 2 is 1.46 bits per heavy atom. The lowest BCUT2D eigenvalue weighted by molar-refractivity contribution is 0.0989. The molecule has 0 unspecified atom stereocenters. The van der Waals surface area contributed by atoms with Gasteiger partial charge in [-0.05, 0) is 61.2 Å². The van der Waals surface area contributed by atoms with Gasteiger partial charge in [0.2, 0.25) is 11.8 Å². The van der Waals surface area contributed by atoms with E-state index in [0.717, 1.165) is 23.8 Å². The second-order valence-electron chi connectivity index (χ2n) is 9.02. The van der Waals surface area contributed by atoms with Crippen LogP contribution < -0.4 is 16.8 Å². The smallest absolute Gasteiger partial charge is 0.249 e. The number of nitrogens with one attached hydrogen (secondary N) is 1. The van der Waals surface area contributed by atoms with Crippen LogP contribution in [0.3, 0.4) is 0 Å². The fourth-order valence-electron chi connectivity index (χ4n) is 4.27. The Morgan fingerprint density at radius 3 is 1.97 bits per heavy atom. The average Bonchev–Trinajstić information content (AvgIpc) is 2.80.